The van der Waals surface area contributed by atoms with Gasteiger partial charge in [-0.3, -0.25) is 4.68 Å². The van der Waals surface area contributed by atoms with Crippen LogP contribution in [0.4, 0.5) is 0 Å². The van der Waals surface area contributed by atoms with E-state index < -0.39 is 5.97 Å². The Hall–Kier alpha value is -2.01. The molecule has 0 spiro atoms. The molecule has 0 atom stereocenters. The zero-order valence-electron chi connectivity index (χ0n) is 11.5. The number of hydrogen-bond donors (Lipinski definition) is 1. The predicted molar refractivity (Wildman–Crippen MR) is 75.8 cm³/mol. The van der Waals surface area contributed by atoms with Crippen LogP contribution in [0.3, 0.4) is 0 Å². The number of aromatic carboxylic acids is 1. The number of carboxylic acids is 1. The van der Waals surface area contributed by atoms with E-state index in [9.17, 15) is 4.79 Å². The van der Waals surface area contributed by atoms with Gasteiger partial charge in [0.2, 0.25) is 0 Å². The van der Waals surface area contributed by atoms with E-state index in [0.717, 1.165) is 17.0 Å². The van der Waals surface area contributed by atoms with E-state index in [2.05, 4.69) is 5.10 Å². The summed E-state index contributed by atoms with van der Waals surface area (Å²) in [6.07, 6.45) is 0. The zero-order valence-corrected chi connectivity index (χ0v) is 12.2. The molecule has 106 valence electrons. The van der Waals surface area contributed by atoms with Crippen molar-refractivity contribution in [2.24, 2.45) is 0 Å². The number of nitrogens with zero attached hydrogens (tertiary/aromatic N) is 2. The van der Waals surface area contributed by atoms with Gasteiger partial charge < -0.3 is 9.84 Å². The first kappa shape index (κ1) is 14.4. The van der Waals surface area contributed by atoms with Crippen molar-refractivity contribution in [3.8, 4) is 5.75 Å². The Labute approximate surface area is 121 Å². The van der Waals surface area contributed by atoms with Gasteiger partial charge in [-0.05, 0) is 31.5 Å². The van der Waals surface area contributed by atoms with Gasteiger partial charge in [-0.2, -0.15) is 5.10 Å². The van der Waals surface area contributed by atoms with Gasteiger partial charge in [0, 0.05) is 0 Å². The number of rotatable bonds is 4. The maximum absolute atomic E-state index is 11.0. The standard InChI is InChI=1S/C14H15ClN2O3/c1-8-13(15)9(2)17(16-8)7-10-4-5-11(14(18)19)12(6-10)20-3/h4-6H,7H2,1-3H3,(H,18,19). The maximum Gasteiger partial charge on any atom is 0.339 e. The number of halogens is 1. The predicted octanol–water partition coefficient (Wildman–Crippen LogP) is 2.91. The monoisotopic (exact) mass is 294 g/mol. The smallest absolute Gasteiger partial charge is 0.339 e. The van der Waals surface area contributed by atoms with Crippen LogP contribution in [0, 0.1) is 13.8 Å². The summed E-state index contributed by atoms with van der Waals surface area (Å²) in [6, 6.07) is 4.98. The first-order valence-corrected chi connectivity index (χ1v) is 6.41. The zero-order chi connectivity index (χ0) is 14.9. The fourth-order valence-corrected chi connectivity index (χ4v) is 2.15. The average Bonchev–Trinajstić information content (AvgIpc) is 2.66. The number of hydrogen-bond acceptors (Lipinski definition) is 3. The Kier molecular flexibility index (Phi) is 3.99. The molecule has 0 saturated carbocycles. The highest BCUT2D eigenvalue weighted by atomic mass is 35.5. The number of ether oxygens (including phenoxy) is 1. The van der Waals surface area contributed by atoms with E-state index in [0.29, 0.717) is 17.3 Å². The van der Waals surface area contributed by atoms with Crippen LogP contribution < -0.4 is 4.74 Å². The van der Waals surface area contributed by atoms with Gasteiger partial charge in [0.05, 0.1) is 30.1 Å². The fourth-order valence-electron chi connectivity index (χ4n) is 2.01. The summed E-state index contributed by atoms with van der Waals surface area (Å²) in [5.74, 6) is -0.676. The Morgan fingerprint density at radius 3 is 2.65 bits per heavy atom. The lowest BCUT2D eigenvalue weighted by Crippen LogP contribution is -2.06. The van der Waals surface area contributed by atoms with Crippen LogP contribution in [0.1, 0.15) is 27.3 Å². The van der Waals surface area contributed by atoms with Crippen LogP contribution in [-0.2, 0) is 6.54 Å². The topological polar surface area (TPSA) is 64.4 Å². The van der Waals surface area contributed by atoms with Gasteiger partial charge in [0.1, 0.15) is 11.3 Å². The van der Waals surface area contributed by atoms with Crippen molar-refractivity contribution in [1.29, 1.82) is 0 Å². The third-order valence-corrected chi connectivity index (χ3v) is 3.67. The van der Waals surface area contributed by atoms with Crippen molar-refractivity contribution in [2.75, 3.05) is 7.11 Å². The average molecular weight is 295 g/mol. The summed E-state index contributed by atoms with van der Waals surface area (Å²) in [4.78, 5) is 11.0. The van der Waals surface area contributed by atoms with Crippen molar-refractivity contribution in [2.45, 2.75) is 20.4 Å². The summed E-state index contributed by atoms with van der Waals surface area (Å²) in [7, 11) is 1.45. The number of carbonyl (C=O) groups is 1. The van der Waals surface area contributed by atoms with Crippen LogP contribution >= 0.6 is 11.6 Å². The number of methoxy groups -OCH3 is 1. The molecule has 0 bridgehead atoms. The lowest BCUT2D eigenvalue weighted by Gasteiger charge is -2.09. The minimum absolute atomic E-state index is 0.141. The first-order chi connectivity index (χ1) is 9.43. The molecule has 0 amide bonds. The normalized spacial score (nSPS) is 10.6. The highest BCUT2D eigenvalue weighted by Crippen LogP contribution is 2.23. The second kappa shape index (κ2) is 5.54. The van der Waals surface area contributed by atoms with Crippen LogP contribution in [0.15, 0.2) is 18.2 Å². The summed E-state index contributed by atoms with van der Waals surface area (Å²) in [6.45, 7) is 4.25. The van der Waals surface area contributed by atoms with E-state index in [1.54, 1.807) is 16.8 Å². The molecular formula is C14H15ClN2O3. The molecule has 1 aromatic carbocycles. The van der Waals surface area contributed by atoms with Gasteiger partial charge in [-0.15, -0.1) is 0 Å². The van der Waals surface area contributed by atoms with Gasteiger partial charge in [0.25, 0.3) is 0 Å². The molecule has 0 radical (unpaired) electrons. The van der Waals surface area contributed by atoms with Crippen molar-refractivity contribution in [1.82, 2.24) is 9.78 Å². The van der Waals surface area contributed by atoms with E-state index in [1.165, 1.54) is 13.2 Å². The molecule has 1 aromatic heterocycles. The molecule has 0 aliphatic carbocycles. The van der Waals surface area contributed by atoms with Crippen molar-refractivity contribution < 1.29 is 14.6 Å². The Morgan fingerprint density at radius 2 is 2.15 bits per heavy atom. The molecule has 5 nitrogen and oxygen atoms in total. The summed E-state index contributed by atoms with van der Waals surface area (Å²) in [5, 5.41) is 14.0. The van der Waals surface area contributed by atoms with E-state index in [-0.39, 0.29) is 5.56 Å². The van der Waals surface area contributed by atoms with Gasteiger partial charge >= 0.3 is 5.97 Å². The number of aromatic nitrogens is 2. The van der Waals surface area contributed by atoms with Crippen molar-refractivity contribution >= 4 is 17.6 Å². The summed E-state index contributed by atoms with van der Waals surface area (Å²) in [5.41, 5.74) is 2.69. The molecule has 0 unspecified atom stereocenters. The van der Waals surface area contributed by atoms with E-state index >= 15 is 0 Å². The molecule has 1 N–H and O–H groups in total. The Morgan fingerprint density at radius 1 is 1.45 bits per heavy atom. The van der Waals surface area contributed by atoms with Crippen LogP contribution in [0.2, 0.25) is 5.02 Å². The largest absolute Gasteiger partial charge is 0.496 e. The van der Waals surface area contributed by atoms with Crippen LogP contribution in [0.25, 0.3) is 0 Å². The maximum atomic E-state index is 11.0. The highest BCUT2D eigenvalue weighted by molar-refractivity contribution is 6.31. The number of carboxylic acid groups (broad SMARTS) is 1. The molecule has 20 heavy (non-hydrogen) atoms. The fraction of sp³-hybridized carbons (Fsp3) is 0.286. The molecular weight excluding hydrogens is 280 g/mol. The summed E-state index contributed by atoms with van der Waals surface area (Å²) >= 11 is 6.10. The lowest BCUT2D eigenvalue weighted by atomic mass is 10.1. The molecule has 1 heterocycles. The van der Waals surface area contributed by atoms with E-state index in [4.69, 9.17) is 21.4 Å². The Balaban J connectivity index is 2.34. The van der Waals surface area contributed by atoms with Gasteiger partial charge in [-0.1, -0.05) is 17.7 Å². The van der Waals surface area contributed by atoms with Gasteiger partial charge in [-0.25, -0.2) is 4.79 Å². The minimum atomic E-state index is -1.01. The quantitative estimate of drug-likeness (QED) is 0.941. The highest BCUT2D eigenvalue weighted by Gasteiger charge is 2.13. The molecule has 0 fully saturated rings. The lowest BCUT2D eigenvalue weighted by molar-refractivity contribution is 0.0693. The minimum Gasteiger partial charge on any atom is -0.496 e. The van der Waals surface area contributed by atoms with E-state index in [1.807, 2.05) is 13.8 Å². The molecule has 0 saturated heterocycles. The second-order valence-corrected chi connectivity index (χ2v) is 4.86. The summed E-state index contributed by atoms with van der Waals surface area (Å²) < 4.78 is 6.89. The molecule has 0 aliphatic heterocycles. The molecule has 6 heteroatoms. The second-order valence-electron chi connectivity index (χ2n) is 4.48. The van der Waals surface area contributed by atoms with Crippen molar-refractivity contribution in [3.05, 3.63) is 45.7 Å². The molecule has 2 aromatic rings. The third kappa shape index (κ3) is 2.63. The first-order valence-electron chi connectivity index (χ1n) is 6.03. The molecule has 2 rings (SSSR count). The number of benzene rings is 1. The van der Waals surface area contributed by atoms with Crippen molar-refractivity contribution in [3.63, 3.8) is 0 Å². The van der Waals surface area contributed by atoms with Gasteiger partial charge in [0.15, 0.2) is 0 Å². The van der Waals surface area contributed by atoms with Crippen LogP contribution in [-0.4, -0.2) is 28.0 Å². The molecule has 0 aliphatic rings. The third-order valence-electron chi connectivity index (χ3n) is 3.12. The van der Waals surface area contributed by atoms with Crippen LogP contribution in [0.5, 0.6) is 5.75 Å². The SMILES string of the molecule is COc1cc(Cn2nc(C)c(Cl)c2C)ccc1C(=O)O. The number of aryl methyl sites for hydroxylation is 1. The Bertz CT molecular complexity index is 665.